The van der Waals surface area contributed by atoms with Crippen molar-refractivity contribution in [2.75, 3.05) is 19.9 Å². The van der Waals surface area contributed by atoms with Crippen LogP contribution in [0.15, 0.2) is 52.7 Å². The Morgan fingerprint density at radius 2 is 1.95 bits per heavy atom. The summed E-state index contributed by atoms with van der Waals surface area (Å²) in [6.45, 7) is 2.51. The zero-order chi connectivity index (χ0) is 31.6. The highest BCUT2D eigenvalue weighted by molar-refractivity contribution is 7.89. The molecular weight excluding hydrogens is 558 g/mol. The first-order valence-electron chi connectivity index (χ1n) is 13.9. The predicted octanol–water partition coefficient (Wildman–Crippen LogP) is 3.65. The van der Waals surface area contributed by atoms with Crippen molar-refractivity contribution in [3.63, 3.8) is 0 Å². The maximum atomic E-state index is 13.6. The Kier molecular flexibility index (Phi) is 8.22. The quantitative estimate of drug-likeness (QED) is 0.270. The topological polar surface area (TPSA) is 148 Å². The van der Waals surface area contributed by atoms with Crippen molar-refractivity contribution in [3.8, 4) is 17.2 Å². The second-order valence-corrected chi connectivity index (χ2v) is 12.5. The molecule has 0 radical (unpaired) electrons. The minimum atomic E-state index is -4.20. The number of aromatic nitrogens is 1. The summed E-state index contributed by atoms with van der Waals surface area (Å²) in [5, 5.41) is 25.0. The van der Waals surface area contributed by atoms with Gasteiger partial charge in [-0.15, -0.1) is 11.3 Å². The lowest BCUT2D eigenvalue weighted by atomic mass is 10.0. The largest absolute Gasteiger partial charge is 0.487 e. The first kappa shape index (κ1) is 25.6. The van der Waals surface area contributed by atoms with Crippen molar-refractivity contribution < 1.29 is 41.7 Å². The van der Waals surface area contributed by atoms with Gasteiger partial charge in [0.25, 0.3) is 0 Å². The zero-order valence-corrected chi connectivity index (χ0v) is 23.8. The summed E-state index contributed by atoms with van der Waals surface area (Å²) in [6, 6.07) is 7.82. The minimum Gasteiger partial charge on any atom is -0.487 e. The van der Waals surface area contributed by atoms with Gasteiger partial charge in [-0.1, -0.05) is 26.0 Å². The number of ether oxygens (including phenoxy) is 3. The lowest BCUT2D eigenvalue weighted by Crippen LogP contribution is -2.50. The van der Waals surface area contributed by atoms with Gasteiger partial charge in [-0.25, -0.2) is 18.2 Å². The fourth-order valence-corrected chi connectivity index (χ4v) is 6.13. The van der Waals surface area contributed by atoms with E-state index in [0.29, 0.717) is 16.3 Å². The van der Waals surface area contributed by atoms with Crippen LogP contribution in [0.1, 0.15) is 34.2 Å². The molecule has 1 amide bonds. The summed E-state index contributed by atoms with van der Waals surface area (Å²) in [4.78, 5) is 15.7. The van der Waals surface area contributed by atoms with E-state index in [2.05, 4.69) is 4.98 Å². The number of aliphatic hydroxyl groups excluding tert-OH is 1. The van der Waals surface area contributed by atoms with E-state index < -0.39 is 41.3 Å². The van der Waals surface area contributed by atoms with E-state index in [1.54, 1.807) is 26.2 Å². The van der Waals surface area contributed by atoms with Gasteiger partial charge < -0.3 is 29.7 Å². The van der Waals surface area contributed by atoms with Crippen LogP contribution in [0, 0.1) is 12.8 Å². The van der Waals surface area contributed by atoms with E-state index in [0.717, 1.165) is 4.31 Å². The van der Waals surface area contributed by atoms with Gasteiger partial charge in [0.15, 0.2) is 11.5 Å². The number of thiazole rings is 1. The van der Waals surface area contributed by atoms with Gasteiger partial charge in [0.2, 0.25) is 16.8 Å². The standard InChI is InChI=1S/C27H33N3O8S2/c1-17(2)12-30(40(34,35)22-8-9-25-26(11-22)38-16-37-25)13-24(31)23(29-27(32)33)10-19-4-6-21(7-5-19)36-14-20-15-39-18(3)28-20/h4-9,11,15,17,23-24,29,31H,10,12-14,16H2,1-3H3,(H,32,33)/t23-,24+/m0/s1/i14D2,23D. The number of hydrogen-bond donors (Lipinski definition) is 3. The van der Waals surface area contributed by atoms with Crippen LogP contribution >= 0.6 is 11.3 Å². The Morgan fingerprint density at radius 3 is 2.60 bits per heavy atom. The van der Waals surface area contributed by atoms with Crippen LogP contribution < -0.4 is 19.5 Å². The van der Waals surface area contributed by atoms with Crippen molar-refractivity contribution >= 4 is 27.5 Å². The molecule has 2 atom stereocenters. The van der Waals surface area contributed by atoms with Crippen LogP contribution in [-0.2, 0) is 23.0 Å². The number of aryl methyl sites for hydroxylation is 1. The Labute approximate surface area is 241 Å². The molecule has 2 heterocycles. The summed E-state index contributed by atoms with van der Waals surface area (Å²) in [7, 11) is -4.20. The molecule has 1 aromatic heterocycles. The molecule has 1 aliphatic heterocycles. The molecule has 0 fully saturated rings. The van der Waals surface area contributed by atoms with Crippen molar-refractivity contribution in [1.29, 1.82) is 0 Å². The van der Waals surface area contributed by atoms with Crippen LogP contribution in [0.25, 0.3) is 0 Å². The first-order valence-corrected chi connectivity index (χ1v) is 14.7. The molecule has 3 aromatic rings. The molecule has 0 spiro atoms. The number of benzene rings is 2. The normalized spacial score (nSPS) is 16.6. The molecule has 1 aliphatic rings. The number of nitrogens with zero attached hydrogens (tertiary/aromatic N) is 2. The van der Waals surface area contributed by atoms with E-state index in [1.807, 2.05) is 5.32 Å². The molecule has 3 N–H and O–H groups in total. The Hall–Kier alpha value is -3.39. The number of carbonyl (C=O) groups is 1. The lowest BCUT2D eigenvalue weighted by molar-refractivity contribution is 0.0980. The summed E-state index contributed by atoms with van der Waals surface area (Å²) < 4.78 is 69.6. The zero-order valence-electron chi connectivity index (χ0n) is 25.2. The summed E-state index contributed by atoms with van der Waals surface area (Å²) >= 11 is 1.29. The van der Waals surface area contributed by atoms with Crippen LogP contribution in [0.5, 0.6) is 17.2 Å². The molecule has 4 rings (SSSR count). The number of amides is 1. The van der Waals surface area contributed by atoms with Gasteiger partial charge in [0.1, 0.15) is 12.3 Å². The SMILES string of the molecule is [2H]C([2H])(Oc1ccc(C[C@]([2H])(NC(=O)O)[C@H](O)CN(CC(C)C)S(=O)(=O)c2ccc3c(c2)OCO3)cc1)c1csc(C)n1. The molecule has 0 saturated carbocycles. The first-order chi connectivity index (χ1) is 20.1. The maximum absolute atomic E-state index is 13.6. The highest BCUT2D eigenvalue weighted by Crippen LogP contribution is 2.35. The Bertz CT molecular complexity index is 1550. The highest BCUT2D eigenvalue weighted by Gasteiger charge is 2.32. The van der Waals surface area contributed by atoms with Crippen LogP contribution in [0.3, 0.4) is 0 Å². The average molecular weight is 595 g/mol. The number of rotatable bonds is 13. The van der Waals surface area contributed by atoms with Crippen molar-refractivity contribution in [2.45, 2.75) is 50.8 Å². The van der Waals surface area contributed by atoms with Gasteiger partial charge in [-0.3, -0.25) is 0 Å². The van der Waals surface area contributed by atoms with E-state index in [9.17, 15) is 23.4 Å². The number of aliphatic hydroxyl groups is 1. The average Bonchev–Trinajstić information content (AvgIpc) is 3.57. The fourth-order valence-electron chi connectivity index (χ4n) is 3.97. The summed E-state index contributed by atoms with van der Waals surface area (Å²) in [5.41, 5.74) is 0.536. The number of nitrogens with one attached hydrogen (secondary N) is 1. The van der Waals surface area contributed by atoms with Gasteiger partial charge in [0.05, 0.1) is 31.8 Å². The molecule has 11 nitrogen and oxygen atoms in total. The molecule has 0 bridgehead atoms. The Morgan fingerprint density at radius 1 is 1.23 bits per heavy atom. The lowest BCUT2D eigenvalue weighted by Gasteiger charge is -2.30. The fraction of sp³-hybridized carbons (Fsp3) is 0.407. The number of hydrogen-bond acceptors (Lipinski definition) is 9. The molecular formula is C27H33N3O8S2. The monoisotopic (exact) mass is 594 g/mol. The highest BCUT2D eigenvalue weighted by atomic mass is 32.2. The van der Waals surface area contributed by atoms with E-state index >= 15 is 0 Å². The molecule has 0 saturated heterocycles. The van der Waals surface area contributed by atoms with Gasteiger partial charge in [-0.2, -0.15) is 4.31 Å². The summed E-state index contributed by atoms with van der Waals surface area (Å²) in [6.07, 6.45) is -3.70. The third-order valence-electron chi connectivity index (χ3n) is 5.81. The van der Waals surface area contributed by atoms with Gasteiger partial charge in [0, 0.05) is 24.5 Å². The van der Waals surface area contributed by atoms with Crippen LogP contribution in [-0.4, -0.2) is 66.0 Å². The van der Waals surface area contributed by atoms with Crippen LogP contribution in [0.2, 0.25) is 0 Å². The smallest absolute Gasteiger partial charge is 0.404 e. The van der Waals surface area contributed by atoms with E-state index in [1.165, 1.54) is 53.8 Å². The number of sulfonamides is 1. The molecule has 40 heavy (non-hydrogen) atoms. The van der Waals surface area contributed by atoms with Crippen molar-refractivity contribution in [2.24, 2.45) is 5.92 Å². The van der Waals surface area contributed by atoms with Gasteiger partial charge in [-0.05, 0) is 49.1 Å². The second kappa shape index (κ2) is 12.9. The predicted molar refractivity (Wildman–Crippen MR) is 148 cm³/mol. The van der Waals surface area contributed by atoms with Crippen molar-refractivity contribution in [1.82, 2.24) is 14.6 Å². The molecule has 13 heteroatoms. The second-order valence-electron chi connectivity index (χ2n) is 9.48. The third kappa shape index (κ3) is 7.62. The molecule has 216 valence electrons. The number of carboxylic acid groups (broad SMARTS) is 1. The maximum Gasteiger partial charge on any atom is 0.404 e. The van der Waals surface area contributed by atoms with Crippen molar-refractivity contribution in [3.05, 3.63) is 64.1 Å². The van der Waals surface area contributed by atoms with Gasteiger partial charge >= 0.3 is 6.09 Å². The van der Waals surface area contributed by atoms with E-state index in [4.69, 9.17) is 18.3 Å². The molecule has 0 unspecified atom stereocenters. The molecule has 0 aliphatic carbocycles. The van der Waals surface area contributed by atoms with Crippen LogP contribution in [0.4, 0.5) is 4.79 Å². The third-order valence-corrected chi connectivity index (χ3v) is 8.41. The summed E-state index contributed by atoms with van der Waals surface area (Å²) in [5.74, 6) is 0.664. The molecule has 2 aromatic carbocycles. The Balaban J connectivity index is 1.54. The minimum absolute atomic E-state index is 0.0104. The number of fused-ring (bicyclic) bond motifs is 1. The van der Waals surface area contributed by atoms with E-state index in [-0.39, 0.29) is 47.8 Å².